The second-order valence-electron chi connectivity index (χ2n) is 4.99. The largest absolute Gasteiger partial charge is 0.300 e. The molecule has 2 aromatic carbocycles. The van der Waals surface area contributed by atoms with Gasteiger partial charge >= 0.3 is 0 Å². The van der Waals surface area contributed by atoms with Gasteiger partial charge in [-0.3, -0.25) is 14.4 Å². The standard InChI is InChI=1S/C17H13NO3/c1-11(19)13-7-8-15-14(9-13)16(20)17(21)18(15)10-12-5-3-2-4-6-12/h2-9H,10H2,1H3. The molecule has 4 heteroatoms. The summed E-state index contributed by atoms with van der Waals surface area (Å²) in [4.78, 5) is 37.1. The highest BCUT2D eigenvalue weighted by Crippen LogP contribution is 2.31. The molecule has 1 heterocycles. The maximum atomic E-state index is 12.1. The molecule has 0 bridgehead atoms. The van der Waals surface area contributed by atoms with Gasteiger partial charge in [0, 0.05) is 5.56 Å². The summed E-state index contributed by atoms with van der Waals surface area (Å²) >= 11 is 0. The number of carbonyl (C=O) groups is 3. The lowest BCUT2D eigenvalue weighted by Crippen LogP contribution is -2.29. The van der Waals surface area contributed by atoms with Gasteiger partial charge in [-0.15, -0.1) is 0 Å². The SMILES string of the molecule is CC(=O)c1ccc2c(c1)C(=O)C(=O)N2Cc1ccccc1. The highest BCUT2D eigenvalue weighted by molar-refractivity contribution is 6.52. The zero-order chi connectivity index (χ0) is 15.0. The van der Waals surface area contributed by atoms with E-state index >= 15 is 0 Å². The van der Waals surface area contributed by atoms with E-state index in [1.807, 2.05) is 30.3 Å². The molecule has 0 aliphatic carbocycles. The number of hydrogen-bond acceptors (Lipinski definition) is 3. The van der Waals surface area contributed by atoms with Crippen LogP contribution in [0, 0.1) is 0 Å². The number of ketones is 2. The van der Waals surface area contributed by atoms with E-state index in [0.717, 1.165) is 5.56 Å². The Morgan fingerprint density at radius 2 is 1.76 bits per heavy atom. The average Bonchev–Trinajstić information content (AvgIpc) is 2.73. The van der Waals surface area contributed by atoms with Crippen LogP contribution in [0.15, 0.2) is 48.5 Å². The molecule has 0 aromatic heterocycles. The molecule has 0 radical (unpaired) electrons. The summed E-state index contributed by atoms with van der Waals surface area (Å²) in [5.74, 6) is -1.22. The molecule has 0 saturated heterocycles. The number of amides is 1. The van der Waals surface area contributed by atoms with Gasteiger partial charge in [-0.2, -0.15) is 0 Å². The van der Waals surface area contributed by atoms with Crippen LogP contribution in [0.2, 0.25) is 0 Å². The van der Waals surface area contributed by atoms with Gasteiger partial charge in [0.25, 0.3) is 11.7 Å². The van der Waals surface area contributed by atoms with Crippen molar-refractivity contribution in [3.8, 4) is 0 Å². The first-order chi connectivity index (χ1) is 10.1. The molecule has 104 valence electrons. The van der Waals surface area contributed by atoms with Crippen LogP contribution in [0.3, 0.4) is 0 Å². The number of benzene rings is 2. The van der Waals surface area contributed by atoms with Crippen molar-refractivity contribution >= 4 is 23.2 Å². The number of fused-ring (bicyclic) bond motifs is 1. The number of rotatable bonds is 3. The number of Topliss-reactive ketones (excluding diaryl/α,β-unsaturated/α-hetero) is 2. The molecule has 0 saturated carbocycles. The summed E-state index contributed by atoms with van der Waals surface area (Å²) in [5.41, 5.74) is 2.26. The van der Waals surface area contributed by atoms with E-state index in [4.69, 9.17) is 0 Å². The topological polar surface area (TPSA) is 54.5 Å². The second-order valence-corrected chi connectivity index (χ2v) is 4.99. The maximum absolute atomic E-state index is 12.1. The molecule has 1 amide bonds. The van der Waals surface area contributed by atoms with E-state index in [-0.39, 0.29) is 5.78 Å². The third kappa shape index (κ3) is 2.25. The quantitative estimate of drug-likeness (QED) is 0.641. The number of carbonyl (C=O) groups excluding carboxylic acids is 3. The van der Waals surface area contributed by atoms with E-state index in [0.29, 0.717) is 23.4 Å². The predicted octanol–water partition coefficient (Wildman–Crippen LogP) is 2.62. The zero-order valence-corrected chi connectivity index (χ0v) is 11.5. The van der Waals surface area contributed by atoms with E-state index in [9.17, 15) is 14.4 Å². The minimum Gasteiger partial charge on any atom is -0.300 e. The van der Waals surface area contributed by atoms with Crippen molar-refractivity contribution < 1.29 is 14.4 Å². The van der Waals surface area contributed by atoms with Crippen LogP contribution in [-0.2, 0) is 11.3 Å². The number of anilines is 1. The molecular formula is C17H13NO3. The van der Waals surface area contributed by atoms with Crippen molar-refractivity contribution in [3.63, 3.8) is 0 Å². The lowest BCUT2D eigenvalue weighted by Gasteiger charge is -2.16. The summed E-state index contributed by atoms with van der Waals surface area (Å²) in [6.07, 6.45) is 0. The van der Waals surface area contributed by atoms with Crippen LogP contribution in [0.4, 0.5) is 5.69 Å². The zero-order valence-electron chi connectivity index (χ0n) is 11.5. The summed E-state index contributed by atoms with van der Waals surface area (Å²) in [5, 5.41) is 0. The first-order valence-corrected chi connectivity index (χ1v) is 6.63. The van der Waals surface area contributed by atoms with Crippen LogP contribution in [0.5, 0.6) is 0 Å². The first kappa shape index (κ1) is 13.2. The Morgan fingerprint density at radius 3 is 2.43 bits per heavy atom. The number of hydrogen-bond donors (Lipinski definition) is 0. The van der Waals surface area contributed by atoms with Crippen molar-refractivity contribution in [1.82, 2.24) is 0 Å². The Hall–Kier alpha value is -2.75. The first-order valence-electron chi connectivity index (χ1n) is 6.63. The maximum Gasteiger partial charge on any atom is 0.299 e. The minimum atomic E-state index is -0.552. The van der Waals surface area contributed by atoms with Gasteiger partial charge in [0.15, 0.2) is 5.78 Å². The number of nitrogens with zero attached hydrogens (tertiary/aromatic N) is 1. The molecule has 0 unspecified atom stereocenters. The Labute approximate surface area is 122 Å². The van der Waals surface area contributed by atoms with Gasteiger partial charge in [-0.05, 0) is 30.7 Å². The van der Waals surface area contributed by atoms with Crippen molar-refractivity contribution in [3.05, 3.63) is 65.2 Å². The Balaban J connectivity index is 2.00. The predicted molar refractivity (Wildman–Crippen MR) is 78.4 cm³/mol. The summed E-state index contributed by atoms with van der Waals surface area (Å²) in [6.45, 7) is 1.78. The highest BCUT2D eigenvalue weighted by Gasteiger charge is 2.36. The van der Waals surface area contributed by atoms with E-state index in [2.05, 4.69) is 0 Å². The lowest BCUT2D eigenvalue weighted by molar-refractivity contribution is -0.114. The van der Waals surface area contributed by atoms with Gasteiger partial charge in [0.1, 0.15) is 0 Å². The smallest absolute Gasteiger partial charge is 0.299 e. The van der Waals surface area contributed by atoms with Gasteiger partial charge in [0.2, 0.25) is 0 Å². The van der Waals surface area contributed by atoms with Crippen LogP contribution in [-0.4, -0.2) is 17.5 Å². The fourth-order valence-electron chi connectivity index (χ4n) is 2.44. The van der Waals surface area contributed by atoms with Crippen molar-refractivity contribution in [2.75, 3.05) is 4.90 Å². The summed E-state index contributed by atoms with van der Waals surface area (Å²) in [6, 6.07) is 14.3. The minimum absolute atomic E-state index is 0.125. The van der Waals surface area contributed by atoms with Gasteiger partial charge in [-0.1, -0.05) is 30.3 Å². The molecule has 3 rings (SSSR count). The normalized spacial score (nSPS) is 13.5. The van der Waals surface area contributed by atoms with E-state index in [1.54, 1.807) is 12.1 Å². The van der Waals surface area contributed by atoms with Crippen molar-refractivity contribution in [2.45, 2.75) is 13.5 Å². The Morgan fingerprint density at radius 1 is 1.05 bits per heavy atom. The molecule has 1 aliphatic heterocycles. The Kier molecular flexibility index (Phi) is 3.14. The molecule has 0 atom stereocenters. The fraction of sp³-hybridized carbons (Fsp3) is 0.118. The molecule has 4 nitrogen and oxygen atoms in total. The third-order valence-corrected chi connectivity index (χ3v) is 3.56. The van der Waals surface area contributed by atoms with Crippen LogP contribution < -0.4 is 4.90 Å². The Bertz CT molecular complexity index is 750. The van der Waals surface area contributed by atoms with Gasteiger partial charge in [0.05, 0.1) is 17.8 Å². The van der Waals surface area contributed by atoms with E-state index in [1.165, 1.54) is 17.9 Å². The van der Waals surface area contributed by atoms with Gasteiger partial charge in [-0.25, -0.2) is 0 Å². The van der Waals surface area contributed by atoms with Crippen molar-refractivity contribution in [1.29, 1.82) is 0 Å². The molecule has 2 aromatic rings. The average molecular weight is 279 g/mol. The molecule has 0 fully saturated rings. The molecular weight excluding hydrogens is 266 g/mol. The van der Waals surface area contributed by atoms with E-state index < -0.39 is 11.7 Å². The van der Waals surface area contributed by atoms with Gasteiger partial charge < -0.3 is 4.90 Å². The highest BCUT2D eigenvalue weighted by atomic mass is 16.2. The second kappa shape index (κ2) is 4.98. The molecule has 0 spiro atoms. The van der Waals surface area contributed by atoms with Crippen molar-refractivity contribution in [2.24, 2.45) is 0 Å². The van der Waals surface area contributed by atoms with Crippen LogP contribution in [0.1, 0.15) is 33.2 Å². The van der Waals surface area contributed by atoms with Crippen LogP contribution >= 0.6 is 0 Å². The summed E-state index contributed by atoms with van der Waals surface area (Å²) in [7, 11) is 0. The molecule has 0 N–H and O–H groups in total. The van der Waals surface area contributed by atoms with Crippen LogP contribution in [0.25, 0.3) is 0 Å². The fourth-order valence-corrected chi connectivity index (χ4v) is 2.44. The summed E-state index contributed by atoms with van der Waals surface area (Å²) < 4.78 is 0. The monoisotopic (exact) mass is 279 g/mol. The lowest BCUT2D eigenvalue weighted by atomic mass is 10.1. The molecule has 1 aliphatic rings. The third-order valence-electron chi connectivity index (χ3n) is 3.56. The molecule has 21 heavy (non-hydrogen) atoms.